The molecule has 0 fully saturated rings. The first-order valence-corrected chi connectivity index (χ1v) is 7.60. The van der Waals surface area contributed by atoms with Gasteiger partial charge in [-0.05, 0) is 18.2 Å². The van der Waals surface area contributed by atoms with E-state index < -0.39 is 51.5 Å². The molecule has 3 rings (SSSR count). The Hall–Kier alpha value is -3.02. The third-order valence-corrected chi connectivity index (χ3v) is 3.71. The van der Waals surface area contributed by atoms with Gasteiger partial charge < -0.3 is 9.72 Å². The van der Waals surface area contributed by atoms with Crippen LogP contribution in [0.4, 0.5) is 26.3 Å². The highest BCUT2D eigenvalue weighted by atomic mass is 35.5. The van der Waals surface area contributed by atoms with Crippen LogP contribution < -0.4 is 10.3 Å². The minimum absolute atomic E-state index is 0.0556. The van der Waals surface area contributed by atoms with Crippen molar-refractivity contribution in [3.8, 4) is 22.9 Å². The summed E-state index contributed by atoms with van der Waals surface area (Å²) in [5.74, 6) is -2.44. The Balaban J connectivity index is 2.11. The molecule has 0 atom stereocenters. The molecule has 0 bridgehead atoms. The average molecular weight is 425 g/mol. The van der Waals surface area contributed by atoms with Gasteiger partial charge in [0.2, 0.25) is 5.75 Å². The fraction of sp³-hybridized carbons (Fsp3) is 0.133. The van der Waals surface area contributed by atoms with Gasteiger partial charge in [0, 0.05) is 6.20 Å². The van der Waals surface area contributed by atoms with E-state index in [1.165, 1.54) is 6.20 Å². The quantitative estimate of drug-likeness (QED) is 0.600. The van der Waals surface area contributed by atoms with Crippen molar-refractivity contribution in [2.24, 2.45) is 0 Å². The molecule has 0 radical (unpaired) electrons. The van der Waals surface area contributed by atoms with Crippen LogP contribution in [0.15, 0.2) is 35.4 Å². The van der Waals surface area contributed by atoms with Crippen LogP contribution in [0.3, 0.4) is 0 Å². The van der Waals surface area contributed by atoms with Crippen molar-refractivity contribution in [2.75, 3.05) is 0 Å². The predicted octanol–water partition coefficient (Wildman–Crippen LogP) is 4.64. The largest absolute Gasteiger partial charge is 0.449 e. The van der Waals surface area contributed by atoms with E-state index in [-0.39, 0.29) is 5.56 Å². The van der Waals surface area contributed by atoms with E-state index in [9.17, 15) is 31.1 Å². The van der Waals surface area contributed by atoms with Crippen LogP contribution in [0.1, 0.15) is 11.3 Å². The van der Waals surface area contributed by atoms with Crippen LogP contribution in [-0.2, 0) is 12.4 Å². The second-order valence-electron chi connectivity index (χ2n) is 5.32. The van der Waals surface area contributed by atoms with Crippen molar-refractivity contribution in [3.05, 3.63) is 57.2 Å². The number of nitrogens with zero attached hydrogens (tertiary/aromatic N) is 2. The molecule has 1 aromatic carbocycles. The Morgan fingerprint density at radius 2 is 1.79 bits per heavy atom. The zero-order valence-corrected chi connectivity index (χ0v) is 14.0. The summed E-state index contributed by atoms with van der Waals surface area (Å²) >= 11 is 5.45. The summed E-state index contributed by atoms with van der Waals surface area (Å²) in [5, 5.41) is 5.19. The van der Waals surface area contributed by atoms with Gasteiger partial charge in [-0.2, -0.15) is 31.4 Å². The average Bonchev–Trinajstić information content (AvgIpc) is 3.10. The van der Waals surface area contributed by atoms with Gasteiger partial charge in [-0.25, -0.2) is 4.98 Å². The predicted molar refractivity (Wildman–Crippen MR) is 84.0 cm³/mol. The highest BCUT2D eigenvalue weighted by molar-refractivity contribution is 6.31. The number of H-pyrrole nitrogens is 2. The van der Waals surface area contributed by atoms with E-state index in [4.69, 9.17) is 16.3 Å². The first-order valence-electron chi connectivity index (χ1n) is 7.22. The molecule has 148 valence electrons. The molecule has 2 N–H and O–H groups in total. The number of benzene rings is 1. The number of hydrogen-bond acceptors (Lipinski definition) is 4. The monoisotopic (exact) mass is 424 g/mol. The van der Waals surface area contributed by atoms with Gasteiger partial charge in [0.05, 0.1) is 22.3 Å². The molecule has 0 amide bonds. The van der Waals surface area contributed by atoms with Crippen molar-refractivity contribution in [1.82, 2.24) is 20.2 Å². The number of aromatic amines is 2. The lowest BCUT2D eigenvalue weighted by atomic mass is 10.2. The second kappa shape index (κ2) is 6.86. The molecule has 6 nitrogen and oxygen atoms in total. The Morgan fingerprint density at radius 3 is 2.36 bits per heavy atom. The number of hydrogen-bond donors (Lipinski definition) is 2. The van der Waals surface area contributed by atoms with Gasteiger partial charge in [0.1, 0.15) is 11.6 Å². The van der Waals surface area contributed by atoms with Crippen LogP contribution in [0.5, 0.6) is 11.5 Å². The summed E-state index contributed by atoms with van der Waals surface area (Å²) in [7, 11) is 0. The highest BCUT2D eigenvalue weighted by Gasteiger charge is 2.39. The Kier molecular flexibility index (Phi) is 4.83. The Morgan fingerprint density at radius 1 is 1.07 bits per heavy atom. The maximum Gasteiger partial charge on any atom is 0.437 e. The zero-order chi connectivity index (χ0) is 20.7. The first-order chi connectivity index (χ1) is 13.0. The molecule has 0 saturated heterocycles. The zero-order valence-electron chi connectivity index (χ0n) is 13.2. The molecule has 0 aliphatic carbocycles. The molecule has 0 unspecified atom stereocenters. The summed E-state index contributed by atoms with van der Waals surface area (Å²) in [6, 6.07) is 2.06. The summed E-state index contributed by atoms with van der Waals surface area (Å²) in [6.45, 7) is 0. The number of alkyl halides is 6. The lowest BCUT2D eigenvalue weighted by Gasteiger charge is -2.15. The molecule has 2 aromatic heterocycles. The molecule has 0 saturated carbocycles. The summed E-state index contributed by atoms with van der Waals surface area (Å²) in [6.07, 6.45) is -7.69. The van der Waals surface area contributed by atoms with Crippen LogP contribution in [-0.4, -0.2) is 20.2 Å². The second-order valence-corrected chi connectivity index (χ2v) is 5.73. The lowest BCUT2D eigenvalue weighted by molar-refractivity contribution is -0.142. The number of ether oxygens (including phenoxy) is 1. The minimum atomic E-state index is -5.12. The lowest BCUT2D eigenvalue weighted by Crippen LogP contribution is -2.20. The van der Waals surface area contributed by atoms with Crippen molar-refractivity contribution < 1.29 is 31.1 Å². The van der Waals surface area contributed by atoms with E-state index in [2.05, 4.69) is 20.2 Å². The smallest absolute Gasteiger partial charge is 0.437 e. The first kappa shape index (κ1) is 19.7. The highest BCUT2D eigenvalue weighted by Crippen LogP contribution is 2.39. The van der Waals surface area contributed by atoms with Gasteiger partial charge in [-0.3, -0.25) is 9.89 Å². The van der Waals surface area contributed by atoms with Crippen molar-refractivity contribution in [1.29, 1.82) is 0 Å². The molecule has 0 spiro atoms. The maximum atomic E-state index is 13.4. The molecule has 28 heavy (non-hydrogen) atoms. The van der Waals surface area contributed by atoms with Gasteiger partial charge in [0.25, 0.3) is 5.56 Å². The van der Waals surface area contributed by atoms with Crippen LogP contribution in [0.2, 0.25) is 5.02 Å². The van der Waals surface area contributed by atoms with E-state index in [0.29, 0.717) is 6.07 Å². The van der Waals surface area contributed by atoms with Crippen molar-refractivity contribution in [2.45, 2.75) is 12.4 Å². The minimum Gasteiger partial charge on any atom is -0.449 e. The molecular formula is C15H7ClF6N4O2. The molecule has 0 aliphatic heterocycles. The summed E-state index contributed by atoms with van der Waals surface area (Å²) < 4.78 is 83.7. The third kappa shape index (κ3) is 3.96. The van der Waals surface area contributed by atoms with E-state index >= 15 is 0 Å². The fourth-order valence-electron chi connectivity index (χ4n) is 2.17. The standard InChI is InChI=1S/C15H7ClF6N4O2/c16-9-2-1-7(3-8(9)14(17,18)19)28-10-11(15(20,21)22)25-12(26-13(10)27)6-4-23-24-5-6/h1-5H,(H,23,24)(H,25,26,27). The van der Waals surface area contributed by atoms with Gasteiger partial charge >= 0.3 is 12.4 Å². The normalized spacial score (nSPS) is 12.2. The van der Waals surface area contributed by atoms with Gasteiger partial charge in [-0.15, -0.1) is 0 Å². The third-order valence-electron chi connectivity index (χ3n) is 3.38. The molecular weight excluding hydrogens is 418 g/mol. The maximum absolute atomic E-state index is 13.4. The van der Waals surface area contributed by atoms with Gasteiger partial charge in [-0.1, -0.05) is 11.6 Å². The fourth-order valence-corrected chi connectivity index (χ4v) is 2.39. The van der Waals surface area contributed by atoms with Crippen LogP contribution >= 0.6 is 11.6 Å². The molecule has 3 aromatic rings. The molecule has 13 heteroatoms. The summed E-state index contributed by atoms with van der Waals surface area (Å²) in [4.78, 5) is 17.5. The van der Waals surface area contributed by atoms with Crippen LogP contribution in [0, 0.1) is 0 Å². The number of nitrogens with one attached hydrogen (secondary N) is 2. The van der Waals surface area contributed by atoms with E-state index in [0.717, 1.165) is 18.3 Å². The topological polar surface area (TPSA) is 83.7 Å². The Labute approximate surface area is 156 Å². The van der Waals surface area contributed by atoms with Crippen molar-refractivity contribution >= 4 is 11.6 Å². The number of aromatic nitrogens is 4. The summed E-state index contributed by atoms with van der Waals surface area (Å²) in [5.41, 5.74) is -4.34. The van der Waals surface area contributed by atoms with Crippen molar-refractivity contribution in [3.63, 3.8) is 0 Å². The molecule has 0 aliphatic rings. The van der Waals surface area contributed by atoms with Crippen LogP contribution in [0.25, 0.3) is 11.4 Å². The van der Waals surface area contributed by atoms with Gasteiger partial charge in [0.15, 0.2) is 5.69 Å². The Bertz CT molecular complexity index is 1060. The SMILES string of the molecule is O=c1[nH]c(-c2cn[nH]c2)nc(C(F)(F)F)c1Oc1ccc(Cl)c(C(F)(F)F)c1. The number of rotatable bonds is 3. The van der Waals surface area contributed by atoms with E-state index in [1.807, 2.05) is 0 Å². The van der Waals surface area contributed by atoms with E-state index in [1.54, 1.807) is 0 Å². The number of halogens is 7. The molecule has 2 heterocycles.